The number of aromatic amines is 1. The normalized spacial score (nSPS) is 20.2. The van der Waals surface area contributed by atoms with Crippen LogP contribution in [0.4, 0.5) is 5.69 Å². The van der Waals surface area contributed by atoms with Gasteiger partial charge >= 0.3 is 0 Å². The van der Waals surface area contributed by atoms with Crippen LogP contribution in [0.2, 0.25) is 0 Å². The van der Waals surface area contributed by atoms with Gasteiger partial charge in [-0.1, -0.05) is 0 Å². The molecule has 1 aliphatic rings. The third-order valence-electron chi connectivity index (χ3n) is 3.17. The fourth-order valence-electron chi connectivity index (χ4n) is 2.23. The van der Waals surface area contributed by atoms with Gasteiger partial charge in [-0.25, -0.2) is 4.98 Å². The number of hydrogen-bond donors (Lipinski definition) is 1. The molecule has 17 heavy (non-hydrogen) atoms. The maximum Gasteiger partial charge on any atom is 0.237 e. The van der Waals surface area contributed by atoms with Crippen molar-refractivity contribution in [3.8, 4) is 0 Å². The van der Waals surface area contributed by atoms with E-state index in [4.69, 9.17) is 4.42 Å². The summed E-state index contributed by atoms with van der Waals surface area (Å²) >= 11 is 0. The van der Waals surface area contributed by atoms with Gasteiger partial charge in [-0.2, -0.15) is 0 Å². The average molecular weight is 231 g/mol. The van der Waals surface area contributed by atoms with Crippen molar-refractivity contribution in [1.29, 1.82) is 0 Å². The van der Waals surface area contributed by atoms with E-state index in [-0.39, 0.29) is 11.8 Å². The molecule has 5 nitrogen and oxygen atoms in total. The quantitative estimate of drug-likeness (QED) is 0.812. The van der Waals surface area contributed by atoms with Crippen LogP contribution in [0.15, 0.2) is 29.3 Å². The Morgan fingerprint density at radius 3 is 3.24 bits per heavy atom. The number of aromatic nitrogens is 2. The average Bonchev–Trinajstić information content (AvgIpc) is 2.96. The number of H-pyrrole nitrogens is 1. The van der Waals surface area contributed by atoms with Gasteiger partial charge in [-0.3, -0.25) is 4.79 Å². The Balaban J connectivity index is 1.97. The molecule has 1 N–H and O–H groups in total. The van der Waals surface area contributed by atoms with E-state index in [9.17, 15) is 4.79 Å². The van der Waals surface area contributed by atoms with Crippen molar-refractivity contribution in [2.75, 3.05) is 11.4 Å². The second kappa shape index (κ2) is 3.76. The molecule has 0 saturated carbocycles. The van der Waals surface area contributed by atoms with Crippen molar-refractivity contribution in [1.82, 2.24) is 9.97 Å². The summed E-state index contributed by atoms with van der Waals surface area (Å²) in [5.41, 5.74) is 1.79. The lowest BCUT2D eigenvalue weighted by molar-refractivity contribution is -0.119. The summed E-state index contributed by atoms with van der Waals surface area (Å²) in [7, 11) is 0. The molecular weight excluding hydrogens is 218 g/mol. The zero-order chi connectivity index (χ0) is 11.8. The molecular formula is C12H13N3O2. The van der Waals surface area contributed by atoms with E-state index < -0.39 is 0 Å². The standard InChI is InChI=1S/C12H13N3O2/c1-8-11-10(14-7-17-11)3-5-15(12(8)16)9-2-4-13-6-9/h2,4,6-8,13H,3,5H2,1H3. The molecule has 0 radical (unpaired) electrons. The van der Waals surface area contributed by atoms with Crippen molar-refractivity contribution < 1.29 is 9.21 Å². The first-order valence-corrected chi connectivity index (χ1v) is 5.64. The van der Waals surface area contributed by atoms with E-state index >= 15 is 0 Å². The lowest BCUT2D eigenvalue weighted by Gasteiger charge is -2.20. The van der Waals surface area contributed by atoms with Gasteiger partial charge in [0.05, 0.1) is 17.3 Å². The number of fused-ring (bicyclic) bond motifs is 1. The van der Waals surface area contributed by atoms with Gasteiger partial charge in [0.1, 0.15) is 5.76 Å². The summed E-state index contributed by atoms with van der Waals surface area (Å²) in [4.78, 5) is 21.2. The van der Waals surface area contributed by atoms with Crippen LogP contribution in [0.5, 0.6) is 0 Å². The van der Waals surface area contributed by atoms with Gasteiger partial charge in [0.15, 0.2) is 6.39 Å². The van der Waals surface area contributed by atoms with Gasteiger partial charge in [0.2, 0.25) is 5.91 Å². The Morgan fingerprint density at radius 2 is 2.47 bits per heavy atom. The number of hydrogen-bond acceptors (Lipinski definition) is 3. The Labute approximate surface area is 98.5 Å². The number of nitrogens with one attached hydrogen (secondary N) is 1. The SMILES string of the molecule is CC1C(=O)N(c2cc[nH]c2)CCc2ncoc21. The van der Waals surface area contributed by atoms with Crippen LogP contribution in [0, 0.1) is 0 Å². The number of amides is 1. The van der Waals surface area contributed by atoms with E-state index in [1.165, 1.54) is 6.39 Å². The highest BCUT2D eigenvalue weighted by Gasteiger charge is 2.31. The second-order valence-corrected chi connectivity index (χ2v) is 4.19. The molecule has 1 atom stereocenters. The fourth-order valence-corrected chi connectivity index (χ4v) is 2.23. The van der Waals surface area contributed by atoms with Crippen LogP contribution in [-0.4, -0.2) is 22.4 Å². The predicted octanol–water partition coefficient (Wildman–Crippen LogP) is 1.70. The van der Waals surface area contributed by atoms with E-state index in [1.54, 1.807) is 4.90 Å². The van der Waals surface area contributed by atoms with Crippen LogP contribution in [0.25, 0.3) is 0 Å². The van der Waals surface area contributed by atoms with Crippen molar-refractivity contribution >= 4 is 11.6 Å². The Morgan fingerprint density at radius 1 is 1.59 bits per heavy atom. The monoisotopic (exact) mass is 231 g/mol. The summed E-state index contributed by atoms with van der Waals surface area (Å²) in [5, 5.41) is 0. The van der Waals surface area contributed by atoms with Crippen molar-refractivity contribution in [3.05, 3.63) is 36.3 Å². The fraction of sp³-hybridized carbons (Fsp3) is 0.333. The Kier molecular flexibility index (Phi) is 2.24. The lowest BCUT2D eigenvalue weighted by atomic mass is 10.1. The number of nitrogens with zero attached hydrogens (tertiary/aromatic N) is 2. The predicted molar refractivity (Wildman–Crippen MR) is 61.8 cm³/mol. The first-order chi connectivity index (χ1) is 8.27. The molecule has 0 bridgehead atoms. The summed E-state index contributed by atoms with van der Waals surface area (Å²) in [6.45, 7) is 2.50. The minimum Gasteiger partial charge on any atom is -0.447 e. The highest BCUT2D eigenvalue weighted by Crippen LogP contribution is 2.28. The van der Waals surface area contributed by atoms with E-state index in [2.05, 4.69) is 9.97 Å². The molecule has 2 aromatic heterocycles. The van der Waals surface area contributed by atoms with Crippen molar-refractivity contribution in [2.45, 2.75) is 19.3 Å². The van der Waals surface area contributed by atoms with E-state index in [1.807, 2.05) is 25.4 Å². The highest BCUT2D eigenvalue weighted by molar-refractivity contribution is 5.98. The first-order valence-electron chi connectivity index (χ1n) is 5.64. The summed E-state index contributed by atoms with van der Waals surface area (Å²) < 4.78 is 5.32. The third kappa shape index (κ3) is 1.54. The Bertz CT molecular complexity index is 530. The molecule has 0 aliphatic carbocycles. The molecule has 1 aliphatic heterocycles. The largest absolute Gasteiger partial charge is 0.447 e. The topological polar surface area (TPSA) is 62.1 Å². The number of carbonyl (C=O) groups is 1. The maximum atomic E-state index is 12.3. The molecule has 1 amide bonds. The van der Waals surface area contributed by atoms with Crippen molar-refractivity contribution in [3.63, 3.8) is 0 Å². The second-order valence-electron chi connectivity index (χ2n) is 4.19. The number of rotatable bonds is 1. The van der Waals surface area contributed by atoms with Gasteiger partial charge in [0, 0.05) is 25.4 Å². The minimum absolute atomic E-state index is 0.0556. The van der Waals surface area contributed by atoms with Gasteiger partial charge in [-0.05, 0) is 13.0 Å². The minimum atomic E-state index is -0.273. The zero-order valence-electron chi connectivity index (χ0n) is 9.51. The molecule has 0 aromatic carbocycles. The summed E-state index contributed by atoms with van der Waals surface area (Å²) in [6, 6.07) is 1.89. The van der Waals surface area contributed by atoms with Gasteiger partial charge in [0.25, 0.3) is 0 Å². The van der Waals surface area contributed by atoms with Gasteiger partial charge in [-0.15, -0.1) is 0 Å². The molecule has 3 heterocycles. The Hall–Kier alpha value is -2.04. The summed E-state index contributed by atoms with van der Waals surface area (Å²) in [5.74, 6) is 0.484. The number of oxazole rings is 1. The number of anilines is 1. The van der Waals surface area contributed by atoms with Crippen LogP contribution >= 0.6 is 0 Å². The summed E-state index contributed by atoms with van der Waals surface area (Å²) in [6.07, 6.45) is 5.78. The maximum absolute atomic E-state index is 12.3. The lowest BCUT2D eigenvalue weighted by Crippen LogP contribution is -2.33. The van der Waals surface area contributed by atoms with Crippen molar-refractivity contribution in [2.24, 2.45) is 0 Å². The first kappa shape index (κ1) is 10.1. The van der Waals surface area contributed by atoms with Crippen LogP contribution in [-0.2, 0) is 11.2 Å². The molecule has 1 unspecified atom stereocenters. The molecule has 2 aromatic rings. The molecule has 0 saturated heterocycles. The molecule has 5 heteroatoms. The third-order valence-corrected chi connectivity index (χ3v) is 3.17. The smallest absolute Gasteiger partial charge is 0.237 e. The molecule has 3 rings (SSSR count). The molecule has 0 spiro atoms. The van der Waals surface area contributed by atoms with Gasteiger partial charge < -0.3 is 14.3 Å². The highest BCUT2D eigenvalue weighted by atomic mass is 16.3. The van der Waals surface area contributed by atoms with Crippen LogP contribution in [0.1, 0.15) is 24.3 Å². The van der Waals surface area contributed by atoms with Crippen LogP contribution < -0.4 is 4.90 Å². The van der Waals surface area contributed by atoms with Crippen LogP contribution in [0.3, 0.4) is 0 Å². The molecule has 88 valence electrons. The molecule has 0 fully saturated rings. The van der Waals surface area contributed by atoms with E-state index in [0.717, 1.165) is 17.8 Å². The van der Waals surface area contributed by atoms with E-state index in [0.29, 0.717) is 12.3 Å². The number of carbonyl (C=O) groups excluding carboxylic acids is 1. The zero-order valence-corrected chi connectivity index (χ0v) is 9.51.